The maximum atomic E-state index is 13.4. The highest BCUT2D eigenvalue weighted by Crippen LogP contribution is 2.43. The first kappa shape index (κ1) is 18.7. The molecule has 1 aromatic heterocycles. The van der Waals surface area contributed by atoms with Gasteiger partial charge in [-0.2, -0.15) is 0 Å². The number of nitrogens with zero attached hydrogens (tertiary/aromatic N) is 2. The zero-order chi connectivity index (χ0) is 19.7. The molecule has 0 N–H and O–H groups in total. The smallest absolute Gasteiger partial charge is 0.489 e. The molecular weight excluding hydrogens is 398 g/mol. The van der Waals surface area contributed by atoms with Gasteiger partial charge in [-0.05, 0) is 12.1 Å². The third-order valence-corrected chi connectivity index (χ3v) is 4.41. The number of aromatic nitrogens is 1. The van der Waals surface area contributed by atoms with Crippen molar-refractivity contribution in [1.82, 2.24) is 9.88 Å². The van der Waals surface area contributed by atoms with Crippen molar-refractivity contribution in [3.63, 3.8) is 0 Å². The zero-order valence-corrected chi connectivity index (χ0v) is 15.2. The minimum absolute atomic E-state index is 0.00952. The topological polar surface area (TPSA) is 70.1 Å². The van der Waals surface area contributed by atoms with E-state index in [1.54, 1.807) is 6.07 Å². The van der Waals surface area contributed by atoms with E-state index in [1.807, 2.05) is 0 Å². The molecule has 2 aliphatic rings. The third kappa shape index (κ3) is 3.95. The number of ether oxygens (including phenoxy) is 4. The van der Waals surface area contributed by atoms with Crippen molar-refractivity contribution >= 4 is 17.5 Å². The number of hydrogen-bond donors (Lipinski definition) is 0. The summed E-state index contributed by atoms with van der Waals surface area (Å²) < 4.78 is 46.8. The van der Waals surface area contributed by atoms with E-state index in [-0.39, 0.29) is 36.8 Å². The van der Waals surface area contributed by atoms with Crippen LogP contribution in [-0.2, 0) is 4.74 Å². The molecule has 2 aromatic rings. The molecule has 2 aliphatic heterocycles. The first-order valence-electron chi connectivity index (χ1n) is 8.44. The summed E-state index contributed by atoms with van der Waals surface area (Å²) >= 11 is 5.86. The number of pyridine rings is 1. The summed E-state index contributed by atoms with van der Waals surface area (Å²) in [6.07, 6.45) is -1.18. The van der Waals surface area contributed by atoms with Gasteiger partial charge in [0.05, 0.1) is 29.9 Å². The summed E-state index contributed by atoms with van der Waals surface area (Å²) in [6.45, 7) is 1.01. The Morgan fingerprint density at radius 3 is 3.04 bits per heavy atom. The van der Waals surface area contributed by atoms with Crippen LogP contribution in [0.3, 0.4) is 0 Å². The second-order valence-corrected chi connectivity index (χ2v) is 6.63. The SMILES string of the molecule is O=C(c1cccc2c1OC(F)(F)O2)N1CCOC(COc2cncc(Cl)c2)C1. The van der Waals surface area contributed by atoms with Crippen molar-refractivity contribution in [3.05, 3.63) is 47.2 Å². The van der Waals surface area contributed by atoms with E-state index in [0.717, 1.165) is 0 Å². The number of carbonyl (C=O) groups is 1. The first-order chi connectivity index (χ1) is 13.4. The first-order valence-corrected chi connectivity index (χ1v) is 8.82. The van der Waals surface area contributed by atoms with Gasteiger partial charge >= 0.3 is 6.29 Å². The Bertz CT molecular complexity index is 898. The van der Waals surface area contributed by atoms with Crippen molar-refractivity contribution in [3.8, 4) is 17.2 Å². The van der Waals surface area contributed by atoms with Crippen LogP contribution in [0.2, 0.25) is 5.02 Å². The lowest BCUT2D eigenvalue weighted by Crippen LogP contribution is -2.47. The summed E-state index contributed by atoms with van der Waals surface area (Å²) in [4.78, 5) is 18.3. The van der Waals surface area contributed by atoms with E-state index < -0.39 is 18.3 Å². The largest absolute Gasteiger partial charge is 0.586 e. The average Bonchev–Trinajstić information content (AvgIpc) is 3.00. The Labute approximate surface area is 163 Å². The lowest BCUT2D eigenvalue weighted by atomic mass is 10.1. The normalized spacial score (nSPS) is 20.1. The number of carbonyl (C=O) groups excluding carboxylic acids is 1. The van der Waals surface area contributed by atoms with E-state index in [0.29, 0.717) is 17.3 Å². The molecule has 1 fully saturated rings. The number of fused-ring (bicyclic) bond motifs is 1. The van der Waals surface area contributed by atoms with Crippen LogP contribution in [0.5, 0.6) is 17.2 Å². The maximum absolute atomic E-state index is 13.4. The van der Waals surface area contributed by atoms with E-state index in [4.69, 9.17) is 21.1 Å². The van der Waals surface area contributed by atoms with Crippen LogP contribution in [0.25, 0.3) is 0 Å². The minimum atomic E-state index is -3.79. The molecule has 0 bridgehead atoms. The van der Waals surface area contributed by atoms with Crippen LogP contribution in [0.1, 0.15) is 10.4 Å². The van der Waals surface area contributed by atoms with E-state index in [1.165, 1.54) is 35.5 Å². The van der Waals surface area contributed by atoms with Crippen LogP contribution >= 0.6 is 11.6 Å². The highest BCUT2D eigenvalue weighted by Gasteiger charge is 2.45. The summed E-state index contributed by atoms with van der Waals surface area (Å²) in [7, 11) is 0. The molecule has 148 valence electrons. The summed E-state index contributed by atoms with van der Waals surface area (Å²) in [5.41, 5.74) is 0.00952. The van der Waals surface area contributed by atoms with Crippen molar-refractivity contribution in [2.75, 3.05) is 26.3 Å². The number of para-hydroxylation sites is 1. The fourth-order valence-corrected chi connectivity index (χ4v) is 3.14. The number of benzene rings is 1. The zero-order valence-electron chi connectivity index (χ0n) is 14.4. The van der Waals surface area contributed by atoms with Crippen molar-refractivity contribution in [1.29, 1.82) is 0 Å². The van der Waals surface area contributed by atoms with Gasteiger partial charge in [-0.3, -0.25) is 9.78 Å². The van der Waals surface area contributed by atoms with Gasteiger partial charge in [0.1, 0.15) is 18.5 Å². The van der Waals surface area contributed by atoms with Gasteiger partial charge in [0.2, 0.25) is 0 Å². The number of morpholine rings is 1. The van der Waals surface area contributed by atoms with Crippen molar-refractivity contribution < 1.29 is 32.5 Å². The lowest BCUT2D eigenvalue weighted by molar-refractivity contribution is -0.286. The predicted octanol–water partition coefficient (Wildman–Crippen LogP) is 2.98. The van der Waals surface area contributed by atoms with E-state index in [2.05, 4.69) is 14.5 Å². The second-order valence-electron chi connectivity index (χ2n) is 6.19. The Hall–Kier alpha value is -2.65. The molecule has 1 saturated heterocycles. The van der Waals surface area contributed by atoms with Crippen molar-refractivity contribution in [2.45, 2.75) is 12.4 Å². The fourth-order valence-electron chi connectivity index (χ4n) is 2.97. The molecule has 0 radical (unpaired) electrons. The average molecular weight is 413 g/mol. The molecule has 0 aliphatic carbocycles. The molecule has 28 heavy (non-hydrogen) atoms. The van der Waals surface area contributed by atoms with Gasteiger partial charge in [0.15, 0.2) is 11.5 Å². The molecule has 4 rings (SSSR count). The van der Waals surface area contributed by atoms with Gasteiger partial charge in [-0.1, -0.05) is 17.7 Å². The standard InChI is InChI=1S/C18H15ClF2N2O5/c19-11-6-12(8-22-7-11)26-10-13-9-23(4-5-25-13)17(24)14-2-1-3-15-16(14)28-18(20,21)27-15/h1-3,6-8,13H,4-5,9-10H2. The van der Waals surface area contributed by atoms with Gasteiger partial charge in [0, 0.05) is 18.8 Å². The van der Waals surface area contributed by atoms with Crippen LogP contribution in [0.4, 0.5) is 8.78 Å². The molecule has 0 saturated carbocycles. The van der Waals surface area contributed by atoms with Gasteiger partial charge < -0.3 is 23.8 Å². The number of halogens is 3. The Morgan fingerprint density at radius 2 is 2.21 bits per heavy atom. The van der Waals surface area contributed by atoms with Crippen molar-refractivity contribution in [2.24, 2.45) is 0 Å². The van der Waals surface area contributed by atoms with Crippen LogP contribution in [0.15, 0.2) is 36.7 Å². The molecule has 1 atom stereocenters. The highest BCUT2D eigenvalue weighted by molar-refractivity contribution is 6.30. The van der Waals surface area contributed by atoms with Gasteiger partial charge in [0.25, 0.3) is 5.91 Å². The molecule has 0 spiro atoms. The van der Waals surface area contributed by atoms with E-state index in [9.17, 15) is 13.6 Å². The Kier molecular flexibility index (Phi) is 4.94. The summed E-state index contributed by atoms with van der Waals surface area (Å²) in [5.74, 6) is -0.400. The number of hydrogen-bond acceptors (Lipinski definition) is 6. The molecule has 10 heteroatoms. The number of alkyl halides is 2. The Morgan fingerprint density at radius 1 is 1.36 bits per heavy atom. The number of amides is 1. The minimum Gasteiger partial charge on any atom is -0.489 e. The lowest BCUT2D eigenvalue weighted by Gasteiger charge is -2.33. The van der Waals surface area contributed by atoms with Crippen LogP contribution in [-0.4, -0.2) is 54.5 Å². The third-order valence-electron chi connectivity index (χ3n) is 4.20. The van der Waals surface area contributed by atoms with Gasteiger partial charge in [-0.25, -0.2) is 0 Å². The predicted molar refractivity (Wildman–Crippen MR) is 93.0 cm³/mol. The highest BCUT2D eigenvalue weighted by atomic mass is 35.5. The fraction of sp³-hybridized carbons (Fsp3) is 0.333. The monoisotopic (exact) mass is 412 g/mol. The van der Waals surface area contributed by atoms with Crippen LogP contribution in [0, 0.1) is 0 Å². The molecule has 7 nitrogen and oxygen atoms in total. The molecule has 1 amide bonds. The molecule has 3 heterocycles. The van der Waals surface area contributed by atoms with Gasteiger partial charge in [-0.15, -0.1) is 8.78 Å². The summed E-state index contributed by atoms with van der Waals surface area (Å²) in [5, 5.41) is 0.441. The molecule has 1 aromatic carbocycles. The Balaban J connectivity index is 1.43. The van der Waals surface area contributed by atoms with Crippen LogP contribution < -0.4 is 14.2 Å². The maximum Gasteiger partial charge on any atom is 0.586 e. The summed E-state index contributed by atoms with van der Waals surface area (Å²) in [6, 6.07) is 5.82. The quantitative estimate of drug-likeness (QED) is 0.769. The molecular formula is C18H15ClF2N2O5. The molecule has 1 unspecified atom stereocenters. The second kappa shape index (κ2) is 7.40. The van der Waals surface area contributed by atoms with E-state index >= 15 is 0 Å². The number of rotatable bonds is 4.